The molecule has 0 saturated heterocycles. The second-order valence-corrected chi connectivity index (χ2v) is 8.70. The van der Waals surface area contributed by atoms with E-state index in [1.165, 1.54) is 13.2 Å². The zero-order valence-corrected chi connectivity index (χ0v) is 19.7. The van der Waals surface area contributed by atoms with E-state index < -0.39 is 5.82 Å². The summed E-state index contributed by atoms with van der Waals surface area (Å²) in [5, 5.41) is 6.32. The topological polar surface area (TPSA) is 97.5 Å². The van der Waals surface area contributed by atoms with Gasteiger partial charge >= 0.3 is 0 Å². The summed E-state index contributed by atoms with van der Waals surface area (Å²) in [5.74, 6) is 0.0878. The van der Waals surface area contributed by atoms with E-state index in [-0.39, 0.29) is 17.6 Å². The highest BCUT2D eigenvalue weighted by Crippen LogP contribution is 2.44. The Hall–Kier alpha value is -3.59. The standard InChI is InChI=1S/C26H29FN4O4/c1-33-25-18(27)7-4-8-19(25)30-24-21-22-16(14-29-26(21)32)6-5-12-34-11-2-3-13-35-20-15-28-10-9-17(20)23(24)31-22/h4,7-10,15-16,30-31H,2-3,5-6,11-14H2,1H3,(H,29,32). The first-order chi connectivity index (χ1) is 17.2. The average molecular weight is 481 g/mol. The Morgan fingerprint density at radius 3 is 2.91 bits per heavy atom. The molecule has 2 bridgehead atoms. The molecule has 4 heterocycles. The number of halogens is 1. The van der Waals surface area contributed by atoms with Gasteiger partial charge in [-0.15, -0.1) is 0 Å². The third kappa shape index (κ3) is 4.68. The number of carbonyl (C=O) groups is 1. The Labute approximate surface area is 203 Å². The normalized spacial score (nSPS) is 18.3. The first kappa shape index (κ1) is 23.2. The van der Waals surface area contributed by atoms with Crippen molar-refractivity contribution in [1.29, 1.82) is 0 Å². The van der Waals surface area contributed by atoms with Crippen LogP contribution in [0.2, 0.25) is 0 Å². The van der Waals surface area contributed by atoms with Crippen LogP contribution in [0.1, 0.15) is 47.7 Å². The number of amides is 1. The van der Waals surface area contributed by atoms with E-state index >= 15 is 0 Å². The van der Waals surface area contributed by atoms with E-state index in [9.17, 15) is 9.18 Å². The van der Waals surface area contributed by atoms with Crippen LogP contribution in [-0.4, -0.2) is 49.4 Å². The number of aromatic amines is 1. The number of hydrogen-bond acceptors (Lipinski definition) is 6. The fourth-order valence-corrected chi connectivity index (χ4v) is 4.71. The Balaban J connectivity index is 1.67. The van der Waals surface area contributed by atoms with Gasteiger partial charge in [0, 0.05) is 43.1 Å². The van der Waals surface area contributed by atoms with Crippen molar-refractivity contribution in [2.45, 2.75) is 31.6 Å². The maximum atomic E-state index is 14.5. The zero-order valence-electron chi connectivity index (χ0n) is 19.7. The average Bonchev–Trinajstić information content (AvgIpc) is 3.24. The number of hydrogen-bond donors (Lipinski definition) is 3. The molecule has 1 aromatic carbocycles. The van der Waals surface area contributed by atoms with E-state index in [0.717, 1.165) is 36.9 Å². The number of fused-ring (bicyclic) bond motifs is 3. The molecule has 8 nitrogen and oxygen atoms in total. The molecule has 5 rings (SSSR count). The smallest absolute Gasteiger partial charge is 0.255 e. The first-order valence-electron chi connectivity index (χ1n) is 12.0. The lowest BCUT2D eigenvalue weighted by atomic mass is 9.92. The predicted molar refractivity (Wildman–Crippen MR) is 130 cm³/mol. The van der Waals surface area contributed by atoms with Crippen molar-refractivity contribution in [3.63, 3.8) is 0 Å². The number of methoxy groups -OCH3 is 1. The van der Waals surface area contributed by atoms with Crippen LogP contribution < -0.4 is 20.1 Å². The molecule has 0 saturated carbocycles. The lowest BCUT2D eigenvalue weighted by Gasteiger charge is -2.24. The number of carbonyl (C=O) groups excluding carboxylic acids is 1. The van der Waals surface area contributed by atoms with Gasteiger partial charge in [-0.1, -0.05) is 6.07 Å². The molecule has 0 fully saturated rings. The molecule has 3 aromatic rings. The largest absolute Gasteiger partial charge is 0.492 e. The summed E-state index contributed by atoms with van der Waals surface area (Å²) in [7, 11) is 1.42. The minimum Gasteiger partial charge on any atom is -0.492 e. The molecule has 1 amide bonds. The molecule has 184 valence electrons. The van der Waals surface area contributed by atoms with Crippen LogP contribution in [0.5, 0.6) is 11.5 Å². The SMILES string of the molecule is COc1c(F)cccc1Nc1c2[nH]c3c1C(=O)NCC3CCCOCCCCOc1cnccc1-2. The second-order valence-electron chi connectivity index (χ2n) is 8.70. The van der Waals surface area contributed by atoms with Crippen LogP contribution in [0.3, 0.4) is 0 Å². The molecule has 1 atom stereocenters. The van der Waals surface area contributed by atoms with Gasteiger partial charge in [0.05, 0.1) is 42.5 Å². The molecule has 3 N–H and O–H groups in total. The third-order valence-electron chi connectivity index (χ3n) is 6.44. The van der Waals surface area contributed by atoms with E-state index in [1.54, 1.807) is 24.5 Å². The van der Waals surface area contributed by atoms with Crippen molar-refractivity contribution in [1.82, 2.24) is 15.3 Å². The highest BCUT2D eigenvalue weighted by molar-refractivity contribution is 6.07. The number of anilines is 2. The van der Waals surface area contributed by atoms with E-state index in [4.69, 9.17) is 14.2 Å². The van der Waals surface area contributed by atoms with E-state index in [0.29, 0.717) is 54.7 Å². The van der Waals surface area contributed by atoms with Crippen molar-refractivity contribution in [2.24, 2.45) is 0 Å². The van der Waals surface area contributed by atoms with Crippen molar-refractivity contribution < 1.29 is 23.4 Å². The molecule has 0 radical (unpaired) electrons. The summed E-state index contributed by atoms with van der Waals surface area (Å²) in [6, 6.07) is 6.51. The molecular formula is C26H29FN4O4. The predicted octanol–water partition coefficient (Wildman–Crippen LogP) is 4.76. The molecule has 2 aromatic heterocycles. The molecule has 0 aliphatic carbocycles. The number of H-pyrrole nitrogens is 1. The number of pyridine rings is 1. The van der Waals surface area contributed by atoms with Gasteiger partial charge in [-0.25, -0.2) is 4.39 Å². The monoisotopic (exact) mass is 480 g/mol. The Morgan fingerprint density at radius 1 is 1.17 bits per heavy atom. The minimum atomic E-state index is -0.492. The quantitative estimate of drug-likeness (QED) is 0.500. The lowest BCUT2D eigenvalue weighted by molar-refractivity contribution is 0.0936. The highest BCUT2D eigenvalue weighted by atomic mass is 19.1. The van der Waals surface area contributed by atoms with Crippen LogP contribution in [-0.2, 0) is 4.74 Å². The number of benzene rings is 1. The molecule has 2 aliphatic rings. The highest BCUT2D eigenvalue weighted by Gasteiger charge is 2.33. The summed E-state index contributed by atoms with van der Waals surface area (Å²) in [5.41, 5.74) is 3.78. The van der Waals surface area contributed by atoms with Crippen molar-refractivity contribution in [2.75, 3.05) is 38.8 Å². The number of ether oxygens (including phenoxy) is 3. The van der Waals surface area contributed by atoms with Crippen LogP contribution in [0.15, 0.2) is 36.7 Å². The lowest BCUT2D eigenvalue weighted by Crippen LogP contribution is -2.35. The number of nitrogens with one attached hydrogen (secondary N) is 3. The Kier molecular flexibility index (Phi) is 6.85. The summed E-state index contributed by atoms with van der Waals surface area (Å²) in [4.78, 5) is 20.9. The second kappa shape index (κ2) is 10.4. The van der Waals surface area contributed by atoms with Crippen LogP contribution in [0.25, 0.3) is 11.3 Å². The fraction of sp³-hybridized carbons (Fsp3) is 0.385. The summed E-state index contributed by atoms with van der Waals surface area (Å²) < 4.78 is 31.7. The van der Waals surface area contributed by atoms with Crippen LogP contribution >= 0.6 is 0 Å². The van der Waals surface area contributed by atoms with Gasteiger partial charge in [-0.3, -0.25) is 9.78 Å². The van der Waals surface area contributed by atoms with Gasteiger partial charge in [0.25, 0.3) is 5.91 Å². The molecule has 9 heteroatoms. The van der Waals surface area contributed by atoms with Crippen molar-refractivity contribution in [3.05, 3.63) is 53.7 Å². The summed E-state index contributed by atoms with van der Waals surface area (Å²) in [6.07, 6.45) is 6.87. The maximum Gasteiger partial charge on any atom is 0.255 e. The summed E-state index contributed by atoms with van der Waals surface area (Å²) in [6.45, 7) is 2.43. The Bertz CT molecular complexity index is 1210. The van der Waals surface area contributed by atoms with Gasteiger partial charge in [-0.2, -0.15) is 0 Å². The summed E-state index contributed by atoms with van der Waals surface area (Å²) >= 11 is 0. The van der Waals surface area contributed by atoms with Gasteiger partial charge in [0.1, 0.15) is 5.75 Å². The number of para-hydroxylation sites is 1. The third-order valence-corrected chi connectivity index (χ3v) is 6.44. The number of aromatic nitrogens is 2. The molecule has 2 aliphatic heterocycles. The van der Waals surface area contributed by atoms with Crippen molar-refractivity contribution >= 4 is 17.3 Å². The zero-order chi connectivity index (χ0) is 24.2. The minimum absolute atomic E-state index is 0.0756. The first-order valence-corrected chi connectivity index (χ1v) is 12.0. The van der Waals surface area contributed by atoms with Crippen LogP contribution in [0.4, 0.5) is 15.8 Å². The van der Waals surface area contributed by atoms with Gasteiger partial charge in [-0.05, 0) is 43.9 Å². The van der Waals surface area contributed by atoms with Gasteiger partial charge in [0.2, 0.25) is 0 Å². The number of rotatable bonds is 3. The van der Waals surface area contributed by atoms with Gasteiger partial charge < -0.3 is 29.8 Å². The Morgan fingerprint density at radius 2 is 2.03 bits per heavy atom. The van der Waals surface area contributed by atoms with Gasteiger partial charge in [0.15, 0.2) is 11.6 Å². The fourth-order valence-electron chi connectivity index (χ4n) is 4.71. The number of nitrogens with zero attached hydrogens (tertiary/aromatic N) is 1. The molecule has 0 spiro atoms. The molecule has 1 unspecified atom stereocenters. The van der Waals surface area contributed by atoms with E-state index in [1.807, 2.05) is 6.07 Å². The van der Waals surface area contributed by atoms with Crippen molar-refractivity contribution in [3.8, 4) is 22.8 Å². The van der Waals surface area contributed by atoms with E-state index in [2.05, 4.69) is 20.6 Å². The molecular weight excluding hydrogens is 451 g/mol. The van der Waals surface area contributed by atoms with Crippen LogP contribution in [0, 0.1) is 5.82 Å². The molecule has 35 heavy (non-hydrogen) atoms. The maximum absolute atomic E-state index is 14.5.